The highest BCUT2D eigenvalue weighted by molar-refractivity contribution is 5.90. The smallest absolute Gasteiger partial charge is 0.341 e. The average molecular weight is 295 g/mol. The van der Waals surface area contributed by atoms with Gasteiger partial charge in [0.15, 0.2) is 6.61 Å². The summed E-state index contributed by atoms with van der Waals surface area (Å²) in [6.45, 7) is 6.06. The number of carbonyl (C=O) groups is 2. The van der Waals surface area contributed by atoms with Crippen LogP contribution in [0.25, 0.3) is 0 Å². The molecular weight excluding hydrogens is 270 g/mol. The van der Waals surface area contributed by atoms with Crippen molar-refractivity contribution in [2.24, 2.45) is 13.0 Å². The normalized spacial score (nSPS) is 12.2. The quantitative estimate of drug-likeness (QED) is 0.743. The van der Waals surface area contributed by atoms with E-state index in [9.17, 15) is 9.59 Å². The van der Waals surface area contributed by atoms with Gasteiger partial charge in [-0.3, -0.25) is 9.48 Å². The molecule has 0 bridgehead atoms. The zero-order chi connectivity index (χ0) is 15.8. The summed E-state index contributed by atoms with van der Waals surface area (Å²) in [4.78, 5) is 23.3. The molecule has 0 spiro atoms. The number of rotatable bonds is 8. The molecule has 0 aromatic carbocycles. The molecule has 1 heterocycles. The number of aryl methyl sites for hydroxylation is 1. The predicted octanol–water partition coefficient (Wildman–Crippen LogP) is 1.91. The molecule has 118 valence electrons. The van der Waals surface area contributed by atoms with Crippen molar-refractivity contribution in [3.05, 3.63) is 18.0 Å². The van der Waals surface area contributed by atoms with Crippen LogP contribution in [0.4, 0.5) is 0 Å². The number of ether oxygens (including phenoxy) is 1. The van der Waals surface area contributed by atoms with Gasteiger partial charge in [0.2, 0.25) is 0 Å². The monoisotopic (exact) mass is 295 g/mol. The second-order valence-corrected chi connectivity index (χ2v) is 5.77. The van der Waals surface area contributed by atoms with Crippen molar-refractivity contribution in [3.8, 4) is 0 Å². The molecule has 6 heteroatoms. The summed E-state index contributed by atoms with van der Waals surface area (Å²) < 4.78 is 6.45. The highest BCUT2D eigenvalue weighted by atomic mass is 16.5. The molecule has 1 atom stereocenters. The van der Waals surface area contributed by atoms with Gasteiger partial charge in [-0.2, -0.15) is 5.10 Å². The van der Waals surface area contributed by atoms with Gasteiger partial charge in [-0.15, -0.1) is 0 Å². The van der Waals surface area contributed by atoms with E-state index < -0.39 is 5.97 Å². The first kappa shape index (κ1) is 17.2. The first-order valence-electron chi connectivity index (χ1n) is 7.33. The van der Waals surface area contributed by atoms with Crippen molar-refractivity contribution in [1.29, 1.82) is 0 Å². The van der Waals surface area contributed by atoms with Crippen LogP contribution in [0.3, 0.4) is 0 Å². The SMILES string of the molecule is CC(C)CCCC(C)NC(=O)COC(=O)c1cnn(C)c1. The van der Waals surface area contributed by atoms with E-state index in [-0.39, 0.29) is 18.6 Å². The van der Waals surface area contributed by atoms with Crippen molar-refractivity contribution >= 4 is 11.9 Å². The number of hydrogen-bond donors (Lipinski definition) is 1. The van der Waals surface area contributed by atoms with E-state index in [1.54, 1.807) is 13.2 Å². The lowest BCUT2D eigenvalue weighted by Gasteiger charge is -2.14. The van der Waals surface area contributed by atoms with Crippen LogP contribution in [0.1, 0.15) is 50.4 Å². The molecule has 1 rings (SSSR count). The lowest BCUT2D eigenvalue weighted by molar-refractivity contribution is -0.124. The van der Waals surface area contributed by atoms with Gasteiger partial charge in [0.1, 0.15) is 0 Å². The van der Waals surface area contributed by atoms with Gasteiger partial charge in [0.05, 0.1) is 11.8 Å². The summed E-state index contributed by atoms with van der Waals surface area (Å²) in [6, 6.07) is 0.0911. The maximum Gasteiger partial charge on any atom is 0.341 e. The van der Waals surface area contributed by atoms with Crippen LogP contribution in [-0.2, 0) is 16.6 Å². The minimum atomic E-state index is -0.536. The lowest BCUT2D eigenvalue weighted by Crippen LogP contribution is -2.35. The Morgan fingerprint density at radius 2 is 2.05 bits per heavy atom. The summed E-state index contributed by atoms with van der Waals surface area (Å²) in [5.74, 6) is -0.136. The number of amides is 1. The van der Waals surface area contributed by atoms with E-state index in [1.165, 1.54) is 10.9 Å². The first-order valence-corrected chi connectivity index (χ1v) is 7.33. The summed E-state index contributed by atoms with van der Waals surface area (Å²) in [7, 11) is 1.71. The highest BCUT2D eigenvalue weighted by Gasteiger charge is 2.13. The van der Waals surface area contributed by atoms with E-state index >= 15 is 0 Å². The van der Waals surface area contributed by atoms with Crippen LogP contribution in [0.5, 0.6) is 0 Å². The Morgan fingerprint density at radius 3 is 2.62 bits per heavy atom. The summed E-state index contributed by atoms with van der Waals surface area (Å²) in [6.07, 6.45) is 6.12. The molecule has 0 aliphatic rings. The fourth-order valence-corrected chi connectivity index (χ4v) is 1.96. The molecule has 21 heavy (non-hydrogen) atoms. The third-order valence-corrected chi connectivity index (χ3v) is 3.10. The number of esters is 1. The average Bonchev–Trinajstić information content (AvgIpc) is 2.82. The highest BCUT2D eigenvalue weighted by Crippen LogP contribution is 2.08. The molecule has 1 amide bonds. The van der Waals surface area contributed by atoms with E-state index in [0.29, 0.717) is 11.5 Å². The molecular formula is C15H25N3O3. The Kier molecular flexibility index (Phi) is 6.91. The van der Waals surface area contributed by atoms with Crippen LogP contribution in [0, 0.1) is 5.92 Å². The molecule has 0 radical (unpaired) electrons. The maximum atomic E-state index is 11.7. The minimum Gasteiger partial charge on any atom is -0.452 e. The number of aromatic nitrogens is 2. The molecule has 0 aliphatic carbocycles. The number of nitrogens with zero attached hydrogens (tertiary/aromatic N) is 2. The third kappa shape index (κ3) is 6.92. The molecule has 0 saturated heterocycles. The van der Waals surface area contributed by atoms with Gasteiger partial charge in [0, 0.05) is 19.3 Å². The van der Waals surface area contributed by atoms with Gasteiger partial charge in [-0.25, -0.2) is 4.79 Å². The minimum absolute atomic E-state index is 0.0911. The molecule has 1 N–H and O–H groups in total. The predicted molar refractivity (Wildman–Crippen MR) is 79.8 cm³/mol. The summed E-state index contributed by atoms with van der Waals surface area (Å²) in [5, 5.41) is 6.71. The summed E-state index contributed by atoms with van der Waals surface area (Å²) >= 11 is 0. The van der Waals surface area contributed by atoms with Crippen LogP contribution < -0.4 is 5.32 Å². The second-order valence-electron chi connectivity index (χ2n) is 5.77. The fourth-order valence-electron chi connectivity index (χ4n) is 1.96. The maximum absolute atomic E-state index is 11.7. The van der Waals surface area contributed by atoms with E-state index in [4.69, 9.17) is 4.74 Å². The van der Waals surface area contributed by atoms with Crippen molar-refractivity contribution in [1.82, 2.24) is 15.1 Å². The standard InChI is InChI=1S/C15H25N3O3/c1-11(2)6-5-7-12(3)17-14(19)10-21-15(20)13-8-16-18(4)9-13/h8-9,11-12H,5-7,10H2,1-4H3,(H,17,19). The summed E-state index contributed by atoms with van der Waals surface area (Å²) in [5.41, 5.74) is 0.343. The molecule has 0 fully saturated rings. The van der Waals surface area contributed by atoms with E-state index in [1.807, 2.05) is 6.92 Å². The van der Waals surface area contributed by atoms with Crippen LogP contribution in [0.2, 0.25) is 0 Å². The van der Waals surface area contributed by atoms with Gasteiger partial charge in [0.25, 0.3) is 5.91 Å². The van der Waals surface area contributed by atoms with Crippen molar-refractivity contribution in [2.45, 2.75) is 46.1 Å². The molecule has 6 nitrogen and oxygen atoms in total. The third-order valence-electron chi connectivity index (χ3n) is 3.10. The first-order chi connectivity index (χ1) is 9.88. The number of carbonyl (C=O) groups excluding carboxylic acids is 2. The molecule has 1 aromatic rings. The Balaban J connectivity index is 2.23. The molecule has 1 unspecified atom stereocenters. The number of hydrogen-bond acceptors (Lipinski definition) is 4. The van der Waals surface area contributed by atoms with Crippen LogP contribution in [-0.4, -0.2) is 34.3 Å². The van der Waals surface area contributed by atoms with E-state index in [0.717, 1.165) is 19.3 Å². The van der Waals surface area contributed by atoms with Crippen molar-refractivity contribution < 1.29 is 14.3 Å². The largest absolute Gasteiger partial charge is 0.452 e. The Morgan fingerprint density at radius 1 is 1.33 bits per heavy atom. The van der Waals surface area contributed by atoms with Gasteiger partial charge < -0.3 is 10.1 Å². The zero-order valence-corrected chi connectivity index (χ0v) is 13.3. The van der Waals surface area contributed by atoms with Crippen LogP contribution in [0.15, 0.2) is 12.4 Å². The van der Waals surface area contributed by atoms with Crippen molar-refractivity contribution in [3.63, 3.8) is 0 Å². The Labute approximate surface area is 125 Å². The lowest BCUT2D eigenvalue weighted by atomic mass is 10.0. The number of nitrogens with one attached hydrogen (secondary N) is 1. The molecule has 1 aromatic heterocycles. The Hall–Kier alpha value is -1.85. The van der Waals surface area contributed by atoms with Gasteiger partial charge in [-0.05, 0) is 19.3 Å². The Bertz CT molecular complexity index is 468. The van der Waals surface area contributed by atoms with Gasteiger partial charge in [-0.1, -0.05) is 26.7 Å². The molecule has 0 aliphatic heterocycles. The van der Waals surface area contributed by atoms with Gasteiger partial charge >= 0.3 is 5.97 Å². The zero-order valence-electron chi connectivity index (χ0n) is 13.3. The van der Waals surface area contributed by atoms with Crippen molar-refractivity contribution in [2.75, 3.05) is 6.61 Å². The molecule has 0 saturated carbocycles. The second kappa shape index (κ2) is 8.44. The topological polar surface area (TPSA) is 73.2 Å². The van der Waals surface area contributed by atoms with E-state index in [2.05, 4.69) is 24.3 Å². The fraction of sp³-hybridized carbons (Fsp3) is 0.667. The van der Waals surface area contributed by atoms with Crippen LogP contribution >= 0.6 is 0 Å².